The molecule has 0 saturated heterocycles. The SMILES string of the molecule is Cl.[Cl-].[Cl-].[H-].[H-].[Mg+2].[Na+].[Na+]. The Labute approximate surface area is 120 Å². The Hall–Kier alpha value is 3.64. The van der Waals surface area contributed by atoms with Gasteiger partial charge in [-0.2, -0.15) is 0 Å². The van der Waals surface area contributed by atoms with Gasteiger partial charge in [0, 0.05) is 0 Å². The summed E-state index contributed by atoms with van der Waals surface area (Å²) in [6.45, 7) is 0. The van der Waals surface area contributed by atoms with Gasteiger partial charge in [0.1, 0.15) is 0 Å². The number of hydrogen-bond acceptors (Lipinski definition) is 0. The van der Waals surface area contributed by atoms with E-state index in [1.807, 2.05) is 0 Å². The molecule has 0 aromatic heterocycles. The topological polar surface area (TPSA) is 0 Å². The quantitative estimate of drug-likeness (QED) is 0.324. The third-order valence-electron chi connectivity index (χ3n) is 0. The van der Waals surface area contributed by atoms with Gasteiger partial charge < -0.3 is 27.7 Å². The van der Waals surface area contributed by atoms with Gasteiger partial charge in [0.05, 0.1) is 0 Å². The van der Waals surface area contributed by atoms with Crippen LogP contribution in [0.4, 0.5) is 0 Å². The van der Waals surface area contributed by atoms with Crippen molar-refractivity contribution in [3.63, 3.8) is 0 Å². The minimum Gasteiger partial charge on any atom is -1.00 e. The molecule has 0 aliphatic carbocycles. The van der Waals surface area contributed by atoms with Gasteiger partial charge in [0.2, 0.25) is 0 Å². The summed E-state index contributed by atoms with van der Waals surface area (Å²) in [5.74, 6) is 0. The molecule has 0 N–H and O–H groups in total. The predicted molar refractivity (Wildman–Crippen MR) is 15.2 cm³/mol. The van der Waals surface area contributed by atoms with Crippen molar-refractivity contribution in [3.05, 3.63) is 0 Å². The molecular formula is H3Cl3MgNa2. The van der Waals surface area contributed by atoms with Crippen molar-refractivity contribution in [1.29, 1.82) is 0 Å². The third kappa shape index (κ3) is 25.4. The minimum absolute atomic E-state index is 0. The van der Waals surface area contributed by atoms with Crippen LogP contribution in [0.3, 0.4) is 0 Å². The summed E-state index contributed by atoms with van der Waals surface area (Å²) in [5.41, 5.74) is 0. The first kappa shape index (κ1) is 54.4. The van der Waals surface area contributed by atoms with Crippen LogP contribution in [0.5, 0.6) is 0 Å². The van der Waals surface area contributed by atoms with Gasteiger partial charge >= 0.3 is 82.2 Å². The fraction of sp³-hybridized carbons (Fsp3) is 0. The van der Waals surface area contributed by atoms with E-state index in [4.69, 9.17) is 0 Å². The summed E-state index contributed by atoms with van der Waals surface area (Å²) in [5, 5.41) is 0. The molecule has 0 amide bonds. The Balaban J connectivity index is 0. The van der Waals surface area contributed by atoms with Crippen LogP contribution in [0.25, 0.3) is 0 Å². The molecule has 0 bridgehead atoms. The molecular weight excluding hydrogens is 177 g/mol. The van der Waals surface area contributed by atoms with E-state index in [0.29, 0.717) is 0 Å². The first-order valence-corrected chi connectivity index (χ1v) is 0. The average Bonchev–Trinajstić information content (AvgIpc) is 0. The largest absolute Gasteiger partial charge is 2.00 e. The molecule has 0 aromatic carbocycles. The van der Waals surface area contributed by atoms with Crippen molar-refractivity contribution in [2.45, 2.75) is 0 Å². The van der Waals surface area contributed by atoms with Crippen molar-refractivity contribution in [2.24, 2.45) is 0 Å². The van der Waals surface area contributed by atoms with Crippen molar-refractivity contribution in [1.82, 2.24) is 0 Å². The fourth-order valence-corrected chi connectivity index (χ4v) is 0. The summed E-state index contributed by atoms with van der Waals surface area (Å²) in [6.07, 6.45) is 0. The Morgan fingerprint density at radius 2 is 0.833 bits per heavy atom. The molecule has 0 heterocycles. The zero-order valence-electron chi connectivity index (χ0n) is 5.87. The van der Waals surface area contributed by atoms with Gasteiger partial charge in [0.15, 0.2) is 0 Å². The zero-order chi connectivity index (χ0) is 0. The second-order valence-corrected chi connectivity index (χ2v) is 0. The standard InChI is InChI=1S/3ClH.Mg.2Na.2H/h3*1H;;;;;/q;;;+2;2*+1;2*-1/p-2. The van der Waals surface area contributed by atoms with Gasteiger partial charge in [-0.15, -0.1) is 12.4 Å². The Morgan fingerprint density at radius 3 is 0.833 bits per heavy atom. The van der Waals surface area contributed by atoms with Crippen LogP contribution in [0.15, 0.2) is 0 Å². The van der Waals surface area contributed by atoms with Crippen LogP contribution in [-0.2, 0) is 0 Å². The van der Waals surface area contributed by atoms with Gasteiger partial charge in [0.25, 0.3) is 0 Å². The van der Waals surface area contributed by atoms with E-state index in [-0.39, 0.29) is 122 Å². The smallest absolute Gasteiger partial charge is 1.00 e. The fourth-order valence-electron chi connectivity index (χ4n) is 0. The average molecular weight is 180 g/mol. The summed E-state index contributed by atoms with van der Waals surface area (Å²) in [4.78, 5) is 0. The van der Waals surface area contributed by atoms with Crippen molar-refractivity contribution >= 4 is 35.5 Å². The van der Waals surface area contributed by atoms with Gasteiger partial charge in [-0.1, -0.05) is 0 Å². The maximum Gasteiger partial charge on any atom is 2.00 e. The monoisotopic (exact) mass is 178 g/mol. The van der Waals surface area contributed by atoms with Crippen molar-refractivity contribution in [3.8, 4) is 0 Å². The minimum atomic E-state index is 0. The zero-order valence-corrected chi connectivity index (χ0v) is 11.6. The second kappa shape index (κ2) is 38.1. The molecule has 0 aliphatic heterocycles. The maximum atomic E-state index is 0. The molecule has 0 aliphatic rings. The predicted octanol–water partition coefficient (Wildman–Crippen LogP) is -11.7. The molecule has 0 saturated carbocycles. The van der Waals surface area contributed by atoms with Crippen LogP contribution >= 0.6 is 12.4 Å². The molecule has 0 aromatic rings. The summed E-state index contributed by atoms with van der Waals surface area (Å²) in [6, 6.07) is 0. The molecule has 6 heteroatoms. The van der Waals surface area contributed by atoms with Crippen molar-refractivity contribution < 1.29 is 86.8 Å². The normalized spacial score (nSPS) is 0. The number of halogens is 3. The van der Waals surface area contributed by atoms with Gasteiger partial charge in [-0.3, -0.25) is 0 Å². The van der Waals surface area contributed by atoms with E-state index in [0.717, 1.165) is 0 Å². The summed E-state index contributed by atoms with van der Waals surface area (Å²) in [7, 11) is 0. The first-order valence-electron chi connectivity index (χ1n) is 0. The molecule has 0 nitrogen and oxygen atoms in total. The summed E-state index contributed by atoms with van der Waals surface area (Å²) < 4.78 is 0. The Morgan fingerprint density at radius 1 is 0.833 bits per heavy atom. The molecule has 0 atom stereocenters. The van der Waals surface area contributed by atoms with Crippen LogP contribution in [-0.4, -0.2) is 23.1 Å². The van der Waals surface area contributed by atoms with Crippen LogP contribution in [0.1, 0.15) is 2.85 Å². The van der Waals surface area contributed by atoms with Crippen LogP contribution in [0.2, 0.25) is 0 Å². The molecule has 0 radical (unpaired) electrons. The Bertz CT molecular complexity index is 15.2. The molecule has 0 unspecified atom stereocenters. The van der Waals surface area contributed by atoms with Gasteiger partial charge in [-0.25, -0.2) is 0 Å². The molecule has 6 heavy (non-hydrogen) atoms. The first-order chi connectivity index (χ1) is 0. The summed E-state index contributed by atoms with van der Waals surface area (Å²) >= 11 is 0. The van der Waals surface area contributed by atoms with E-state index in [1.165, 1.54) is 0 Å². The number of rotatable bonds is 0. The van der Waals surface area contributed by atoms with E-state index in [1.54, 1.807) is 0 Å². The van der Waals surface area contributed by atoms with E-state index in [2.05, 4.69) is 0 Å². The van der Waals surface area contributed by atoms with E-state index in [9.17, 15) is 0 Å². The van der Waals surface area contributed by atoms with Crippen molar-refractivity contribution in [2.75, 3.05) is 0 Å². The molecule has 0 spiro atoms. The van der Waals surface area contributed by atoms with Crippen LogP contribution in [0, 0.1) is 0 Å². The van der Waals surface area contributed by atoms with E-state index >= 15 is 0 Å². The van der Waals surface area contributed by atoms with Crippen LogP contribution < -0.4 is 83.9 Å². The van der Waals surface area contributed by atoms with Gasteiger partial charge in [-0.05, 0) is 0 Å². The third-order valence-corrected chi connectivity index (χ3v) is 0. The second-order valence-electron chi connectivity index (χ2n) is 0. The Kier molecular flexibility index (Phi) is 345. The van der Waals surface area contributed by atoms with E-state index < -0.39 is 0 Å². The number of hydrogen-bond donors (Lipinski definition) is 0. The maximum absolute atomic E-state index is 0. The molecule has 0 fully saturated rings. The molecule has 0 rings (SSSR count). The molecule has 28 valence electrons.